The van der Waals surface area contributed by atoms with Crippen molar-refractivity contribution in [3.05, 3.63) is 0 Å². The SMILES string of the molecule is CC1(C)C(=O)CCN1C(=O)CCCC1CCCCC1. The molecule has 1 amide bonds. The molecule has 1 saturated heterocycles. The van der Waals surface area contributed by atoms with E-state index >= 15 is 0 Å². The molecule has 3 nitrogen and oxygen atoms in total. The fourth-order valence-electron chi connectivity index (χ4n) is 3.54. The number of hydrogen-bond acceptors (Lipinski definition) is 2. The van der Waals surface area contributed by atoms with Crippen molar-refractivity contribution in [1.29, 1.82) is 0 Å². The summed E-state index contributed by atoms with van der Waals surface area (Å²) in [6, 6.07) is 0. The Kier molecular flexibility index (Phi) is 4.64. The number of hydrogen-bond donors (Lipinski definition) is 0. The smallest absolute Gasteiger partial charge is 0.223 e. The average molecular weight is 265 g/mol. The van der Waals surface area contributed by atoms with Crippen molar-refractivity contribution in [2.45, 2.75) is 77.2 Å². The third kappa shape index (κ3) is 3.37. The van der Waals surface area contributed by atoms with Gasteiger partial charge in [-0.1, -0.05) is 32.1 Å². The lowest BCUT2D eigenvalue weighted by Crippen LogP contribution is -2.46. The molecule has 0 radical (unpaired) electrons. The third-order valence-electron chi connectivity index (χ3n) is 4.95. The summed E-state index contributed by atoms with van der Waals surface area (Å²) in [6.07, 6.45) is 10.1. The minimum Gasteiger partial charge on any atom is -0.330 e. The Morgan fingerprint density at radius 3 is 2.53 bits per heavy atom. The molecule has 1 heterocycles. The molecule has 19 heavy (non-hydrogen) atoms. The summed E-state index contributed by atoms with van der Waals surface area (Å²) in [7, 11) is 0. The van der Waals surface area contributed by atoms with Gasteiger partial charge in [0.1, 0.15) is 0 Å². The first-order valence-corrected chi connectivity index (χ1v) is 7.85. The molecule has 0 bridgehead atoms. The van der Waals surface area contributed by atoms with Crippen LogP contribution in [0.25, 0.3) is 0 Å². The molecular formula is C16H27NO2. The van der Waals surface area contributed by atoms with Crippen LogP contribution in [0.15, 0.2) is 0 Å². The highest BCUT2D eigenvalue weighted by molar-refractivity contribution is 5.95. The predicted molar refractivity (Wildman–Crippen MR) is 75.8 cm³/mol. The van der Waals surface area contributed by atoms with E-state index in [4.69, 9.17) is 0 Å². The molecule has 2 fully saturated rings. The Labute approximate surface area is 116 Å². The van der Waals surface area contributed by atoms with E-state index in [9.17, 15) is 9.59 Å². The largest absolute Gasteiger partial charge is 0.330 e. The van der Waals surface area contributed by atoms with Gasteiger partial charge in [0.15, 0.2) is 5.78 Å². The van der Waals surface area contributed by atoms with Gasteiger partial charge in [-0.15, -0.1) is 0 Å². The second kappa shape index (κ2) is 6.06. The molecule has 1 saturated carbocycles. The molecule has 0 N–H and O–H groups in total. The fourth-order valence-corrected chi connectivity index (χ4v) is 3.54. The number of rotatable bonds is 4. The quantitative estimate of drug-likeness (QED) is 0.782. The van der Waals surface area contributed by atoms with E-state index in [2.05, 4.69) is 0 Å². The lowest BCUT2D eigenvalue weighted by atomic mass is 9.86. The van der Waals surface area contributed by atoms with Gasteiger partial charge in [-0.05, 0) is 32.6 Å². The Balaban J connectivity index is 1.74. The van der Waals surface area contributed by atoms with Crippen LogP contribution in [-0.2, 0) is 9.59 Å². The van der Waals surface area contributed by atoms with Gasteiger partial charge in [0.25, 0.3) is 0 Å². The Morgan fingerprint density at radius 2 is 1.95 bits per heavy atom. The lowest BCUT2D eigenvalue weighted by Gasteiger charge is -2.30. The van der Waals surface area contributed by atoms with Crippen molar-refractivity contribution in [3.63, 3.8) is 0 Å². The molecule has 0 spiro atoms. The first kappa shape index (κ1) is 14.5. The minimum absolute atomic E-state index is 0.173. The van der Waals surface area contributed by atoms with Gasteiger partial charge in [0.05, 0.1) is 5.54 Å². The minimum atomic E-state index is -0.568. The molecule has 0 atom stereocenters. The number of likely N-dealkylation sites (tertiary alicyclic amines) is 1. The molecule has 1 aliphatic carbocycles. The number of carbonyl (C=O) groups excluding carboxylic acids is 2. The molecule has 0 aromatic carbocycles. The summed E-state index contributed by atoms with van der Waals surface area (Å²) in [5.41, 5.74) is -0.568. The average Bonchev–Trinajstić information content (AvgIpc) is 2.65. The van der Waals surface area contributed by atoms with Gasteiger partial charge >= 0.3 is 0 Å². The number of amides is 1. The van der Waals surface area contributed by atoms with Crippen molar-refractivity contribution in [2.24, 2.45) is 5.92 Å². The summed E-state index contributed by atoms with van der Waals surface area (Å²) in [4.78, 5) is 25.7. The van der Waals surface area contributed by atoms with E-state index in [1.807, 2.05) is 13.8 Å². The van der Waals surface area contributed by atoms with Crippen molar-refractivity contribution in [1.82, 2.24) is 4.90 Å². The summed E-state index contributed by atoms with van der Waals surface area (Å²) in [5, 5.41) is 0. The highest BCUT2D eigenvalue weighted by atomic mass is 16.2. The van der Waals surface area contributed by atoms with Crippen molar-refractivity contribution < 1.29 is 9.59 Å². The van der Waals surface area contributed by atoms with Crippen LogP contribution in [0.4, 0.5) is 0 Å². The Hall–Kier alpha value is -0.860. The molecule has 2 rings (SSSR count). The maximum atomic E-state index is 12.2. The normalized spacial score (nSPS) is 23.9. The van der Waals surface area contributed by atoms with Crippen LogP contribution in [0.5, 0.6) is 0 Å². The molecular weight excluding hydrogens is 238 g/mol. The van der Waals surface area contributed by atoms with Crippen molar-refractivity contribution >= 4 is 11.7 Å². The van der Waals surface area contributed by atoms with E-state index in [1.165, 1.54) is 38.5 Å². The molecule has 0 aromatic rings. The second-order valence-electron chi connectivity index (χ2n) is 6.67. The zero-order chi connectivity index (χ0) is 13.9. The van der Waals surface area contributed by atoms with E-state index in [-0.39, 0.29) is 11.7 Å². The van der Waals surface area contributed by atoms with Crippen LogP contribution in [0, 0.1) is 5.92 Å². The highest BCUT2D eigenvalue weighted by Crippen LogP contribution is 2.29. The molecule has 108 valence electrons. The maximum Gasteiger partial charge on any atom is 0.223 e. The van der Waals surface area contributed by atoms with Crippen molar-refractivity contribution in [2.75, 3.05) is 6.54 Å². The third-order valence-corrected chi connectivity index (χ3v) is 4.95. The highest BCUT2D eigenvalue weighted by Gasteiger charge is 2.42. The van der Waals surface area contributed by atoms with E-state index in [0.29, 0.717) is 19.4 Å². The first-order valence-electron chi connectivity index (χ1n) is 7.85. The van der Waals surface area contributed by atoms with E-state index in [1.54, 1.807) is 4.90 Å². The fraction of sp³-hybridized carbons (Fsp3) is 0.875. The second-order valence-corrected chi connectivity index (χ2v) is 6.67. The van der Waals surface area contributed by atoms with Crippen LogP contribution in [0.1, 0.15) is 71.6 Å². The zero-order valence-electron chi connectivity index (χ0n) is 12.4. The molecule has 2 aliphatic rings. The zero-order valence-corrected chi connectivity index (χ0v) is 12.4. The van der Waals surface area contributed by atoms with Crippen LogP contribution < -0.4 is 0 Å². The summed E-state index contributed by atoms with van der Waals surface area (Å²) in [6.45, 7) is 4.37. The van der Waals surface area contributed by atoms with Gasteiger partial charge in [0, 0.05) is 19.4 Å². The van der Waals surface area contributed by atoms with Gasteiger partial charge in [-0.2, -0.15) is 0 Å². The van der Waals surface area contributed by atoms with E-state index in [0.717, 1.165) is 12.3 Å². The van der Waals surface area contributed by atoms with Crippen molar-refractivity contribution in [3.8, 4) is 0 Å². The topological polar surface area (TPSA) is 37.4 Å². The number of Topliss-reactive ketones (excluding diaryl/α,β-unsaturated/α-hetero) is 1. The van der Waals surface area contributed by atoms with Crippen LogP contribution in [0.2, 0.25) is 0 Å². The monoisotopic (exact) mass is 265 g/mol. The summed E-state index contributed by atoms with van der Waals surface area (Å²) >= 11 is 0. The first-order chi connectivity index (χ1) is 9.01. The van der Waals surface area contributed by atoms with E-state index < -0.39 is 5.54 Å². The number of nitrogens with zero attached hydrogens (tertiary/aromatic N) is 1. The maximum absolute atomic E-state index is 12.2. The van der Waals surface area contributed by atoms with Gasteiger partial charge in [-0.25, -0.2) is 0 Å². The van der Waals surface area contributed by atoms with Crippen LogP contribution in [-0.4, -0.2) is 28.7 Å². The van der Waals surface area contributed by atoms with Crippen LogP contribution in [0.3, 0.4) is 0 Å². The Morgan fingerprint density at radius 1 is 1.26 bits per heavy atom. The standard InChI is InChI=1S/C16H27NO2/c1-16(2)14(18)11-12-17(16)15(19)10-6-9-13-7-4-3-5-8-13/h13H,3-12H2,1-2H3. The lowest BCUT2D eigenvalue weighted by molar-refractivity contribution is -0.138. The Bertz CT molecular complexity index is 343. The van der Waals surface area contributed by atoms with Gasteiger partial charge in [-0.3, -0.25) is 9.59 Å². The predicted octanol–water partition coefficient (Wildman–Crippen LogP) is 3.32. The molecule has 1 aliphatic heterocycles. The van der Waals surface area contributed by atoms with Gasteiger partial charge < -0.3 is 4.90 Å². The molecule has 0 aromatic heterocycles. The van der Waals surface area contributed by atoms with Gasteiger partial charge in [0.2, 0.25) is 5.91 Å². The molecule has 0 unspecified atom stereocenters. The summed E-state index contributed by atoms with van der Waals surface area (Å²) < 4.78 is 0. The number of carbonyl (C=O) groups is 2. The summed E-state index contributed by atoms with van der Waals surface area (Å²) in [5.74, 6) is 1.22. The number of ketones is 1. The molecule has 3 heteroatoms. The van der Waals surface area contributed by atoms with Crippen LogP contribution >= 0.6 is 0 Å².